The number of aromatic amines is 1. The van der Waals surface area contributed by atoms with E-state index in [4.69, 9.17) is 5.73 Å². The highest BCUT2D eigenvalue weighted by Gasteiger charge is 2.17. The zero-order valence-corrected chi connectivity index (χ0v) is 11.7. The first-order valence-electron chi connectivity index (χ1n) is 5.63. The predicted octanol–water partition coefficient (Wildman–Crippen LogP) is 3.22. The van der Waals surface area contributed by atoms with Crippen molar-refractivity contribution in [1.29, 1.82) is 0 Å². The third-order valence-corrected chi connectivity index (χ3v) is 3.87. The van der Waals surface area contributed by atoms with Crippen LogP contribution in [-0.4, -0.2) is 14.8 Å². The quantitative estimate of drug-likeness (QED) is 0.725. The van der Waals surface area contributed by atoms with Gasteiger partial charge in [-0.2, -0.15) is 5.10 Å². The number of H-pyrrole nitrogens is 1. The second kappa shape index (κ2) is 3.88. The van der Waals surface area contributed by atoms with Crippen LogP contribution in [0.4, 0.5) is 5.69 Å². The summed E-state index contributed by atoms with van der Waals surface area (Å²) in [6.45, 7) is 2.09. The van der Waals surface area contributed by atoms with E-state index in [1.807, 2.05) is 6.07 Å². The van der Waals surface area contributed by atoms with Crippen LogP contribution in [0.5, 0.6) is 0 Å². The summed E-state index contributed by atoms with van der Waals surface area (Å²) >= 11 is 3.52. The molecule has 5 heteroatoms. The maximum Gasteiger partial charge on any atom is 0.0904 e. The molecule has 3 aromatic rings. The van der Waals surface area contributed by atoms with Crippen LogP contribution in [0.3, 0.4) is 0 Å². The fourth-order valence-electron chi connectivity index (χ4n) is 2.36. The van der Waals surface area contributed by atoms with Gasteiger partial charge < -0.3 is 10.3 Å². The molecule has 3 N–H and O–H groups in total. The number of hydrogen-bond acceptors (Lipinski definition) is 2. The van der Waals surface area contributed by atoms with Crippen molar-refractivity contribution in [2.75, 3.05) is 5.73 Å². The van der Waals surface area contributed by atoms with E-state index in [2.05, 4.69) is 56.8 Å². The number of nitrogens with one attached hydrogen (secondary N) is 1. The van der Waals surface area contributed by atoms with Gasteiger partial charge in [-0.25, -0.2) is 0 Å². The normalized spacial score (nSPS) is 11.3. The fraction of sp³-hybridized carbons (Fsp3) is 0.154. The van der Waals surface area contributed by atoms with Gasteiger partial charge in [-0.05, 0) is 25.1 Å². The van der Waals surface area contributed by atoms with Gasteiger partial charge in [-0.3, -0.25) is 5.10 Å². The van der Waals surface area contributed by atoms with Gasteiger partial charge in [-0.1, -0.05) is 15.9 Å². The number of rotatable bonds is 1. The lowest BCUT2D eigenvalue weighted by atomic mass is 10.1. The van der Waals surface area contributed by atoms with E-state index in [-0.39, 0.29) is 0 Å². The van der Waals surface area contributed by atoms with E-state index < -0.39 is 0 Å². The van der Waals surface area contributed by atoms with Gasteiger partial charge in [0.15, 0.2) is 0 Å². The van der Waals surface area contributed by atoms with Crippen LogP contribution < -0.4 is 5.73 Å². The lowest BCUT2D eigenvalue weighted by Gasteiger charge is -2.01. The summed E-state index contributed by atoms with van der Waals surface area (Å²) in [4.78, 5) is 0. The van der Waals surface area contributed by atoms with Crippen molar-refractivity contribution in [2.24, 2.45) is 7.05 Å². The Balaban J connectivity index is 2.45. The number of nitrogen functional groups attached to an aromatic ring is 1. The molecule has 0 aliphatic heterocycles. The number of benzene rings is 1. The van der Waals surface area contributed by atoms with Crippen molar-refractivity contribution in [1.82, 2.24) is 14.8 Å². The molecule has 0 aliphatic carbocycles. The molecule has 2 aromatic heterocycles. The first kappa shape index (κ1) is 11.3. The molecule has 2 heterocycles. The minimum Gasteiger partial charge on any atom is -0.396 e. The Labute approximate surface area is 113 Å². The maximum absolute atomic E-state index is 5.97. The molecule has 0 aliphatic rings. The van der Waals surface area contributed by atoms with Gasteiger partial charge in [-0.15, -0.1) is 0 Å². The van der Waals surface area contributed by atoms with Gasteiger partial charge in [0.2, 0.25) is 0 Å². The minimum atomic E-state index is 0.672. The van der Waals surface area contributed by atoms with E-state index in [0.717, 1.165) is 15.7 Å². The predicted molar refractivity (Wildman–Crippen MR) is 77.4 cm³/mol. The third kappa shape index (κ3) is 1.47. The van der Waals surface area contributed by atoms with Crippen molar-refractivity contribution in [2.45, 2.75) is 6.92 Å². The second-order valence-electron chi connectivity index (χ2n) is 4.38. The molecule has 3 rings (SSSR count). The molecule has 0 atom stereocenters. The lowest BCUT2D eigenvalue weighted by molar-refractivity contribution is 0.918. The minimum absolute atomic E-state index is 0.672. The Morgan fingerprint density at radius 3 is 2.83 bits per heavy atom. The largest absolute Gasteiger partial charge is 0.396 e. The molecular weight excluding hydrogens is 292 g/mol. The molecule has 0 saturated carbocycles. The molecule has 0 radical (unpaired) electrons. The van der Waals surface area contributed by atoms with Crippen molar-refractivity contribution in [3.8, 4) is 11.3 Å². The first-order chi connectivity index (χ1) is 8.59. The number of nitrogens with zero attached hydrogens (tertiary/aromatic N) is 2. The van der Waals surface area contributed by atoms with E-state index in [9.17, 15) is 0 Å². The molecule has 0 unspecified atom stereocenters. The van der Waals surface area contributed by atoms with Crippen LogP contribution in [0, 0.1) is 6.92 Å². The second-order valence-corrected chi connectivity index (χ2v) is 5.30. The molecule has 0 saturated heterocycles. The summed E-state index contributed by atoms with van der Waals surface area (Å²) in [7, 11) is 2.06. The molecule has 0 spiro atoms. The average Bonchev–Trinajstić information content (AvgIpc) is 2.84. The summed E-state index contributed by atoms with van der Waals surface area (Å²) in [5, 5.41) is 8.16. The summed E-state index contributed by atoms with van der Waals surface area (Å²) in [5.41, 5.74) is 11.0. The van der Waals surface area contributed by atoms with E-state index in [1.54, 1.807) is 6.20 Å². The van der Waals surface area contributed by atoms with Crippen molar-refractivity contribution in [3.05, 3.63) is 34.6 Å². The molecule has 92 valence electrons. The molecular formula is C13H13BrN4. The Hall–Kier alpha value is -1.75. The van der Waals surface area contributed by atoms with Crippen LogP contribution in [-0.2, 0) is 7.05 Å². The van der Waals surface area contributed by atoms with E-state index in [0.29, 0.717) is 5.69 Å². The fourth-order valence-corrected chi connectivity index (χ4v) is 2.72. The van der Waals surface area contributed by atoms with E-state index in [1.165, 1.54) is 16.6 Å². The molecule has 0 amide bonds. The summed E-state index contributed by atoms with van der Waals surface area (Å²) in [6, 6.07) is 6.25. The molecule has 4 nitrogen and oxygen atoms in total. The molecule has 0 fully saturated rings. The summed E-state index contributed by atoms with van der Waals surface area (Å²) < 4.78 is 3.22. The summed E-state index contributed by atoms with van der Waals surface area (Å²) in [5.74, 6) is 0. The monoisotopic (exact) mass is 304 g/mol. The molecule has 0 bridgehead atoms. The molecule has 1 aromatic carbocycles. The van der Waals surface area contributed by atoms with Gasteiger partial charge in [0.1, 0.15) is 0 Å². The number of hydrogen-bond donors (Lipinski definition) is 2. The average molecular weight is 305 g/mol. The number of halogens is 1. The first-order valence-corrected chi connectivity index (χ1v) is 6.42. The van der Waals surface area contributed by atoms with Crippen LogP contribution >= 0.6 is 15.9 Å². The van der Waals surface area contributed by atoms with E-state index >= 15 is 0 Å². The van der Waals surface area contributed by atoms with Crippen LogP contribution in [0.15, 0.2) is 28.9 Å². The Bertz CT molecular complexity index is 739. The summed E-state index contributed by atoms with van der Waals surface area (Å²) in [6.07, 6.45) is 1.64. The Kier molecular flexibility index (Phi) is 2.45. The van der Waals surface area contributed by atoms with Gasteiger partial charge in [0, 0.05) is 33.7 Å². The highest BCUT2D eigenvalue weighted by Crippen LogP contribution is 2.36. The number of nitrogens with two attached hydrogens (primary N) is 1. The van der Waals surface area contributed by atoms with Gasteiger partial charge >= 0.3 is 0 Å². The number of aryl methyl sites for hydroxylation is 1. The lowest BCUT2D eigenvalue weighted by Crippen LogP contribution is -1.92. The maximum atomic E-state index is 5.97. The van der Waals surface area contributed by atoms with Gasteiger partial charge in [0.05, 0.1) is 17.6 Å². The Morgan fingerprint density at radius 2 is 2.17 bits per heavy atom. The smallest absolute Gasteiger partial charge is 0.0904 e. The standard InChI is InChI=1S/C13H13BrN4/c1-7-12(13-10(15)6-16-17-13)9-5-8(14)3-4-11(9)18(7)2/h3-6H,15H2,1-2H3,(H,16,17). The highest BCUT2D eigenvalue weighted by atomic mass is 79.9. The van der Waals surface area contributed by atoms with Crippen molar-refractivity contribution >= 4 is 32.5 Å². The van der Waals surface area contributed by atoms with Crippen molar-refractivity contribution < 1.29 is 0 Å². The SMILES string of the molecule is Cc1c(-c2[nH]ncc2N)c2cc(Br)ccc2n1C. The number of anilines is 1. The third-order valence-electron chi connectivity index (χ3n) is 3.37. The Morgan fingerprint density at radius 1 is 1.39 bits per heavy atom. The van der Waals surface area contributed by atoms with Crippen LogP contribution in [0.25, 0.3) is 22.2 Å². The zero-order valence-electron chi connectivity index (χ0n) is 10.2. The number of aromatic nitrogens is 3. The topological polar surface area (TPSA) is 59.6 Å². The number of fused-ring (bicyclic) bond motifs is 1. The highest BCUT2D eigenvalue weighted by molar-refractivity contribution is 9.10. The zero-order chi connectivity index (χ0) is 12.9. The molecule has 18 heavy (non-hydrogen) atoms. The van der Waals surface area contributed by atoms with Crippen molar-refractivity contribution in [3.63, 3.8) is 0 Å². The van der Waals surface area contributed by atoms with Crippen LogP contribution in [0.2, 0.25) is 0 Å². The van der Waals surface area contributed by atoms with Crippen LogP contribution in [0.1, 0.15) is 5.69 Å². The van der Waals surface area contributed by atoms with Gasteiger partial charge in [0.25, 0.3) is 0 Å².